The molecule has 0 heteroatoms. The van der Waals surface area contributed by atoms with E-state index in [0.717, 1.165) is 12.8 Å². The second kappa shape index (κ2) is 4.84. The summed E-state index contributed by atoms with van der Waals surface area (Å²) in [6, 6.07) is 8.15. The molecule has 1 aromatic rings. The van der Waals surface area contributed by atoms with E-state index >= 15 is 0 Å². The third-order valence-electron chi connectivity index (χ3n) is 2.57. The minimum absolute atomic E-state index is 0.337. The number of aryl methyl sites for hydroxylation is 1. The lowest BCUT2D eigenvalue weighted by molar-refractivity contribution is 0.405. The molecule has 0 N–H and O–H groups in total. The van der Waals surface area contributed by atoms with Gasteiger partial charge in [-0.1, -0.05) is 59.2 Å². The molecule has 0 aliphatic carbocycles. The van der Waals surface area contributed by atoms with Crippen molar-refractivity contribution in [3.05, 3.63) is 34.9 Å². The molecule has 0 atom stereocenters. The Labute approximate surface area is 107 Å². The monoisotopic (exact) mass is 231 g/mol. The molecule has 0 fully saturated rings. The fraction of sp³-hybridized carbons (Fsp3) is 0.647. The smallest absolute Gasteiger partial charge is 0.0114 e. The summed E-state index contributed by atoms with van der Waals surface area (Å²) >= 11 is 0. The highest BCUT2D eigenvalue weighted by Gasteiger charge is 2.15. The highest BCUT2D eigenvalue weighted by atomic mass is 14.2. The molecule has 0 heterocycles. The Balaban J connectivity index is 2.95. The molecule has 1 aromatic carbocycles. The number of benzene rings is 1. The Morgan fingerprint density at radius 2 is 1.18 bits per heavy atom. The van der Waals surface area contributed by atoms with Gasteiger partial charge in [0.05, 0.1) is 0 Å². The van der Waals surface area contributed by atoms with Gasteiger partial charge in [0.25, 0.3) is 0 Å². The third kappa shape index (κ3) is 5.91. The number of hydrogen-bond acceptors (Lipinski definition) is 0. The summed E-state index contributed by atoms with van der Waals surface area (Å²) in [5.74, 6) is 0. The summed E-state index contributed by atoms with van der Waals surface area (Å²) in [5, 5.41) is 0. The average molecular weight is 231 g/mol. The van der Waals surface area contributed by atoms with E-state index in [1.54, 1.807) is 0 Å². The summed E-state index contributed by atoms with van der Waals surface area (Å²) in [4.78, 5) is 0. The van der Waals surface area contributed by atoms with E-state index < -0.39 is 0 Å². The molecule has 0 aliphatic rings. The van der Waals surface area contributed by atoms with Gasteiger partial charge >= 0.3 is 0 Å². The van der Waals surface area contributed by atoms with Crippen molar-refractivity contribution in [2.24, 2.45) is 10.8 Å². The SMILES string of the molecule is Cc1cc(CC(C)(C)C)[c]c(CC(C)(C)C)c1. The molecule has 0 bridgehead atoms. The highest BCUT2D eigenvalue weighted by Crippen LogP contribution is 2.25. The molecule has 95 valence electrons. The van der Waals surface area contributed by atoms with Gasteiger partial charge in [-0.2, -0.15) is 0 Å². The molecule has 17 heavy (non-hydrogen) atoms. The first-order chi connectivity index (χ1) is 7.55. The van der Waals surface area contributed by atoms with Crippen LogP contribution in [0.3, 0.4) is 0 Å². The van der Waals surface area contributed by atoms with Gasteiger partial charge in [0.1, 0.15) is 0 Å². The van der Waals surface area contributed by atoms with Crippen LogP contribution in [0.1, 0.15) is 58.2 Å². The largest absolute Gasteiger partial charge is 0.0599 e. The summed E-state index contributed by atoms with van der Waals surface area (Å²) in [7, 11) is 0. The van der Waals surface area contributed by atoms with E-state index in [1.807, 2.05) is 0 Å². The fourth-order valence-electron chi connectivity index (χ4n) is 2.20. The van der Waals surface area contributed by atoms with Crippen molar-refractivity contribution in [2.75, 3.05) is 0 Å². The predicted molar refractivity (Wildman–Crippen MR) is 76.3 cm³/mol. The van der Waals surface area contributed by atoms with Crippen molar-refractivity contribution >= 4 is 0 Å². The van der Waals surface area contributed by atoms with E-state index in [1.165, 1.54) is 16.7 Å². The van der Waals surface area contributed by atoms with Gasteiger partial charge in [-0.05, 0) is 47.8 Å². The van der Waals surface area contributed by atoms with E-state index in [0.29, 0.717) is 10.8 Å². The molecule has 0 saturated carbocycles. The molecule has 0 aromatic heterocycles. The van der Waals surface area contributed by atoms with Gasteiger partial charge in [-0.3, -0.25) is 0 Å². The van der Waals surface area contributed by atoms with E-state index in [2.05, 4.69) is 66.7 Å². The molecule has 1 rings (SSSR count). The molecule has 1 radical (unpaired) electrons. The maximum Gasteiger partial charge on any atom is -0.0114 e. The second-order valence-corrected chi connectivity index (χ2v) is 7.68. The van der Waals surface area contributed by atoms with Crippen LogP contribution >= 0.6 is 0 Å². The van der Waals surface area contributed by atoms with Crippen molar-refractivity contribution in [1.82, 2.24) is 0 Å². The van der Waals surface area contributed by atoms with Crippen LogP contribution in [0.25, 0.3) is 0 Å². The molecule has 0 aliphatic heterocycles. The van der Waals surface area contributed by atoms with Gasteiger partial charge in [0.15, 0.2) is 0 Å². The quantitative estimate of drug-likeness (QED) is 0.674. The third-order valence-corrected chi connectivity index (χ3v) is 2.57. The summed E-state index contributed by atoms with van der Waals surface area (Å²) < 4.78 is 0. The minimum Gasteiger partial charge on any atom is -0.0599 e. The summed E-state index contributed by atoms with van der Waals surface area (Å²) in [6.45, 7) is 15.9. The molecule has 0 amide bonds. The number of hydrogen-bond donors (Lipinski definition) is 0. The lowest BCUT2D eigenvalue weighted by atomic mass is 9.84. The van der Waals surface area contributed by atoms with Gasteiger partial charge in [0, 0.05) is 0 Å². The molecule has 0 saturated heterocycles. The Bertz CT molecular complexity index is 338. The summed E-state index contributed by atoms with van der Waals surface area (Å²) in [6.07, 6.45) is 2.21. The van der Waals surface area contributed by atoms with Gasteiger partial charge in [-0.25, -0.2) is 0 Å². The fourth-order valence-corrected chi connectivity index (χ4v) is 2.20. The molecule has 0 nitrogen and oxygen atoms in total. The van der Waals surface area contributed by atoms with Crippen molar-refractivity contribution in [2.45, 2.75) is 61.3 Å². The normalized spacial score (nSPS) is 12.9. The van der Waals surface area contributed by atoms with Crippen LogP contribution < -0.4 is 0 Å². The number of rotatable bonds is 2. The zero-order valence-electron chi connectivity index (χ0n) is 12.6. The van der Waals surface area contributed by atoms with Crippen molar-refractivity contribution in [3.8, 4) is 0 Å². The Morgan fingerprint density at radius 1 is 0.824 bits per heavy atom. The van der Waals surface area contributed by atoms with Crippen molar-refractivity contribution in [1.29, 1.82) is 0 Å². The lowest BCUT2D eigenvalue weighted by Crippen LogP contribution is -2.12. The Morgan fingerprint density at radius 3 is 1.47 bits per heavy atom. The molecule has 0 unspecified atom stereocenters. The zero-order valence-corrected chi connectivity index (χ0v) is 12.6. The van der Waals surface area contributed by atoms with Crippen LogP contribution in [0.4, 0.5) is 0 Å². The maximum atomic E-state index is 3.60. The first-order valence-electron chi connectivity index (χ1n) is 6.57. The van der Waals surface area contributed by atoms with E-state index in [-0.39, 0.29) is 0 Å². The second-order valence-electron chi connectivity index (χ2n) is 7.68. The van der Waals surface area contributed by atoms with Gasteiger partial charge in [0.2, 0.25) is 0 Å². The standard InChI is InChI=1S/C17H27/c1-13-8-14(11-16(2,3)4)10-15(9-13)12-17(5,6)7/h8-9H,11-12H2,1-7H3. The predicted octanol–water partition coefficient (Wildman–Crippen LogP) is 4.97. The van der Waals surface area contributed by atoms with Crippen molar-refractivity contribution < 1.29 is 0 Å². The average Bonchev–Trinajstić information content (AvgIpc) is 1.93. The first kappa shape index (κ1) is 14.3. The Kier molecular flexibility index (Phi) is 4.06. The maximum absolute atomic E-state index is 3.60. The molecular weight excluding hydrogens is 204 g/mol. The van der Waals surface area contributed by atoms with Crippen molar-refractivity contribution in [3.63, 3.8) is 0 Å². The molecular formula is C17H27. The van der Waals surface area contributed by atoms with E-state index in [4.69, 9.17) is 0 Å². The lowest BCUT2D eigenvalue weighted by Gasteiger charge is -2.21. The molecule has 0 spiro atoms. The van der Waals surface area contributed by atoms with Crippen LogP contribution in [0.15, 0.2) is 12.1 Å². The highest BCUT2D eigenvalue weighted by molar-refractivity contribution is 5.29. The van der Waals surface area contributed by atoms with Crippen LogP contribution in [0.5, 0.6) is 0 Å². The minimum atomic E-state index is 0.337. The zero-order chi connectivity index (χ0) is 13.3. The topological polar surface area (TPSA) is 0 Å². The van der Waals surface area contributed by atoms with Crippen LogP contribution in [-0.2, 0) is 12.8 Å². The first-order valence-corrected chi connectivity index (χ1v) is 6.57. The van der Waals surface area contributed by atoms with Crippen LogP contribution in [-0.4, -0.2) is 0 Å². The Hall–Kier alpha value is -0.780. The van der Waals surface area contributed by atoms with Crippen LogP contribution in [0.2, 0.25) is 0 Å². The van der Waals surface area contributed by atoms with Crippen LogP contribution in [0, 0.1) is 23.8 Å². The van der Waals surface area contributed by atoms with Gasteiger partial charge in [-0.15, -0.1) is 0 Å². The van der Waals surface area contributed by atoms with E-state index in [9.17, 15) is 0 Å². The summed E-state index contributed by atoms with van der Waals surface area (Å²) in [5.41, 5.74) is 4.75. The van der Waals surface area contributed by atoms with Gasteiger partial charge < -0.3 is 0 Å².